The smallest absolute Gasteiger partial charge is 0.261 e. The SMILES string of the molecule is C[C@H](C(=O)NCc1ccc(Cl)cc1Cl)N(Cc1ccccc1)C(=O)COc1ccc(S(=O)(=O)Nc2ccc(F)cc2)cc1. The summed E-state index contributed by atoms with van der Waals surface area (Å²) >= 11 is 12.2. The lowest BCUT2D eigenvalue weighted by Gasteiger charge is -2.29. The van der Waals surface area contributed by atoms with Gasteiger partial charge in [-0.2, -0.15) is 0 Å². The molecule has 4 aromatic carbocycles. The van der Waals surface area contributed by atoms with Crippen LogP contribution in [0.3, 0.4) is 0 Å². The van der Waals surface area contributed by atoms with Crippen LogP contribution in [-0.2, 0) is 32.7 Å². The van der Waals surface area contributed by atoms with E-state index < -0.39 is 40.3 Å². The fraction of sp³-hybridized carbons (Fsp3) is 0.161. The second-order valence-electron chi connectivity index (χ2n) is 9.51. The van der Waals surface area contributed by atoms with Gasteiger partial charge in [0.25, 0.3) is 15.9 Å². The van der Waals surface area contributed by atoms with Gasteiger partial charge < -0.3 is 15.0 Å². The molecule has 0 bridgehead atoms. The number of hydrogen-bond acceptors (Lipinski definition) is 5. The Morgan fingerprint density at radius 1 is 0.930 bits per heavy atom. The molecule has 12 heteroatoms. The Bertz CT molecular complexity index is 1670. The number of sulfonamides is 1. The fourth-order valence-corrected chi connectivity index (χ4v) is 5.57. The van der Waals surface area contributed by atoms with E-state index in [1.807, 2.05) is 30.3 Å². The summed E-state index contributed by atoms with van der Waals surface area (Å²) in [5.41, 5.74) is 1.70. The monoisotopic (exact) mass is 643 g/mol. The first kappa shape index (κ1) is 31.8. The molecule has 1 atom stereocenters. The van der Waals surface area contributed by atoms with E-state index in [-0.39, 0.29) is 29.4 Å². The first-order valence-corrected chi connectivity index (χ1v) is 15.3. The second kappa shape index (κ2) is 14.4. The number of hydrogen-bond donors (Lipinski definition) is 2. The number of nitrogens with one attached hydrogen (secondary N) is 2. The topological polar surface area (TPSA) is 105 Å². The van der Waals surface area contributed by atoms with Gasteiger partial charge in [-0.25, -0.2) is 12.8 Å². The number of rotatable bonds is 12. The maximum absolute atomic E-state index is 13.3. The lowest BCUT2D eigenvalue weighted by Crippen LogP contribution is -2.48. The van der Waals surface area contributed by atoms with Gasteiger partial charge in [0.1, 0.15) is 17.6 Å². The largest absolute Gasteiger partial charge is 0.484 e. The number of anilines is 1. The van der Waals surface area contributed by atoms with Crippen LogP contribution in [0.15, 0.2) is 102 Å². The standard InChI is InChI=1S/C31H28Cl2FN3O5S/c1-21(31(39)35-18-23-7-8-24(32)17-29(23)33)37(19-22-5-3-2-4-6-22)30(38)20-42-27-13-15-28(16-14-27)43(40,41)36-26-11-9-25(34)10-12-26/h2-17,21,36H,18-20H2,1H3,(H,35,39)/t21-/m1/s1. The Kier molecular flexibility index (Phi) is 10.6. The Morgan fingerprint density at radius 2 is 1.60 bits per heavy atom. The van der Waals surface area contributed by atoms with Crippen molar-refractivity contribution in [2.24, 2.45) is 0 Å². The molecule has 8 nitrogen and oxygen atoms in total. The Morgan fingerprint density at radius 3 is 2.26 bits per heavy atom. The van der Waals surface area contributed by atoms with Gasteiger partial charge in [-0.1, -0.05) is 59.6 Å². The quantitative estimate of drug-likeness (QED) is 0.196. The minimum absolute atomic E-state index is 0.0488. The van der Waals surface area contributed by atoms with E-state index in [1.165, 1.54) is 41.3 Å². The van der Waals surface area contributed by atoms with Crippen LogP contribution < -0.4 is 14.8 Å². The lowest BCUT2D eigenvalue weighted by molar-refractivity contribution is -0.142. The summed E-state index contributed by atoms with van der Waals surface area (Å²) in [6.45, 7) is 1.53. The van der Waals surface area contributed by atoms with Crippen molar-refractivity contribution in [2.75, 3.05) is 11.3 Å². The molecule has 0 spiro atoms. The Hall–Kier alpha value is -4.12. The van der Waals surface area contributed by atoms with Crippen LogP contribution >= 0.6 is 23.2 Å². The van der Waals surface area contributed by atoms with Crippen LogP contribution in [0, 0.1) is 5.82 Å². The highest BCUT2D eigenvalue weighted by Crippen LogP contribution is 2.22. The highest BCUT2D eigenvalue weighted by Gasteiger charge is 2.27. The maximum atomic E-state index is 13.3. The van der Waals surface area contributed by atoms with E-state index in [2.05, 4.69) is 10.0 Å². The highest BCUT2D eigenvalue weighted by molar-refractivity contribution is 7.92. The first-order chi connectivity index (χ1) is 20.5. The fourth-order valence-electron chi connectivity index (χ4n) is 4.03. The summed E-state index contributed by atoms with van der Waals surface area (Å²) in [6.07, 6.45) is 0. The van der Waals surface area contributed by atoms with Gasteiger partial charge in [0.05, 0.1) is 4.90 Å². The molecule has 4 aromatic rings. The number of nitrogens with zero attached hydrogens (tertiary/aromatic N) is 1. The highest BCUT2D eigenvalue weighted by atomic mass is 35.5. The van der Waals surface area contributed by atoms with E-state index in [0.717, 1.165) is 17.7 Å². The molecule has 0 radical (unpaired) electrons. The summed E-state index contributed by atoms with van der Waals surface area (Å²) in [6, 6.07) is 23.7. The zero-order chi connectivity index (χ0) is 31.0. The molecule has 43 heavy (non-hydrogen) atoms. The van der Waals surface area contributed by atoms with Crippen LogP contribution in [0.5, 0.6) is 5.75 Å². The average molecular weight is 645 g/mol. The molecule has 2 amide bonds. The third-order valence-corrected chi connectivity index (χ3v) is 8.41. The van der Waals surface area contributed by atoms with Gasteiger partial charge >= 0.3 is 0 Å². The summed E-state index contributed by atoms with van der Waals surface area (Å²) < 4.78 is 46.5. The van der Waals surface area contributed by atoms with E-state index in [0.29, 0.717) is 15.6 Å². The lowest BCUT2D eigenvalue weighted by atomic mass is 10.1. The Labute approximate surface area is 259 Å². The molecule has 0 heterocycles. The van der Waals surface area contributed by atoms with Crippen LogP contribution in [0.2, 0.25) is 10.0 Å². The molecule has 0 aliphatic carbocycles. The second-order valence-corrected chi connectivity index (χ2v) is 12.0. The van der Waals surface area contributed by atoms with Crippen molar-refractivity contribution in [2.45, 2.75) is 31.0 Å². The van der Waals surface area contributed by atoms with Gasteiger partial charge in [-0.3, -0.25) is 14.3 Å². The van der Waals surface area contributed by atoms with Crippen LogP contribution in [0.1, 0.15) is 18.1 Å². The van der Waals surface area contributed by atoms with E-state index in [9.17, 15) is 22.4 Å². The molecule has 2 N–H and O–H groups in total. The predicted molar refractivity (Wildman–Crippen MR) is 164 cm³/mol. The summed E-state index contributed by atoms with van der Waals surface area (Å²) in [4.78, 5) is 27.8. The number of benzene rings is 4. The summed E-state index contributed by atoms with van der Waals surface area (Å²) in [5.74, 6) is -1.08. The molecule has 0 fully saturated rings. The van der Waals surface area contributed by atoms with E-state index in [1.54, 1.807) is 25.1 Å². The van der Waals surface area contributed by atoms with Gasteiger partial charge in [-0.15, -0.1) is 0 Å². The normalized spacial score (nSPS) is 11.8. The van der Waals surface area contributed by atoms with Crippen LogP contribution in [-0.4, -0.2) is 37.8 Å². The molecule has 224 valence electrons. The van der Waals surface area contributed by atoms with Crippen molar-refractivity contribution >= 4 is 50.7 Å². The molecule has 0 saturated carbocycles. The van der Waals surface area contributed by atoms with Gasteiger partial charge in [0.15, 0.2) is 6.61 Å². The molecule has 0 saturated heterocycles. The van der Waals surface area contributed by atoms with Crippen molar-refractivity contribution in [3.8, 4) is 5.75 Å². The minimum Gasteiger partial charge on any atom is -0.484 e. The molecular weight excluding hydrogens is 616 g/mol. The number of halogens is 3. The van der Waals surface area contributed by atoms with Gasteiger partial charge in [-0.05, 0) is 78.7 Å². The number of amides is 2. The number of carbonyl (C=O) groups excluding carboxylic acids is 2. The van der Waals surface area contributed by atoms with E-state index >= 15 is 0 Å². The molecule has 0 aliphatic heterocycles. The molecule has 0 aromatic heterocycles. The molecule has 0 unspecified atom stereocenters. The number of ether oxygens (including phenoxy) is 1. The number of carbonyl (C=O) groups is 2. The maximum Gasteiger partial charge on any atom is 0.261 e. The average Bonchev–Trinajstić information content (AvgIpc) is 2.99. The molecule has 4 rings (SSSR count). The molecule has 0 aliphatic rings. The zero-order valence-electron chi connectivity index (χ0n) is 23.0. The third kappa shape index (κ3) is 8.93. The van der Waals surface area contributed by atoms with Crippen LogP contribution in [0.4, 0.5) is 10.1 Å². The Balaban J connectivity index is 1.41. The summed E-state index contributed by atoms with van der Waals surface area (Å²) in [7, 11) is -3.94. The van der Waals surface area contributed by atoms with Gasteiger partial charge in [0.2, 0.25) is 5.91 Å². The van der Waals surface area contributed by atoms with Crippen molar-refractivity contribution in [1.82, 2.24) is 10.2 Å². The third-order valence-electron chi connectivity index (χ3n) is 6.42. The van der Waals surface area contributed by atoms with E-state index in [4.69, 9.17) is 27.9 Å². The van der Waals surface area contributed by atoms with Crippen molar-refractivity contribution in [1.29, 1.82) is 0 Å². The van der Waals surface area contributed by atoms with Crippen molar-refractivity contribution < 1.29 is 27.1 Å². The molecular formula is C31H28Cl2FN3O5S. The van der Waals surface area contributed by atoms with Crippen molar-refractivity contribution in [3.63, 3.8) is 0 Å². The summed E-state index contributed by atoms with van der Waals surface area (Å²) in [5, 5.41) is 3.70. The van der Waals surface area contributed by atoms with Crippen LogP contribution in [0.25, 0.3) is 0 Å². The zero-order valence-corrected chi connectivity index (χ0v) is 25.3. The predicted octanol–water partition coefficient (Wildman–Crippen LogP) is 6.05. The first-order valence-electron chi connectivity index (χ1n) is 13.1. The van der Waals surface area contributed by atoms with Crippen molar-refractivity contribution in [3.05, 3.63) is 124 Å². The minimum atomic E-state index is -3.94. The van der Waals surface area contributed by atoms with Gasteiger partial charge in [0, 0.05) is 28.8 Å².